The molecule has 0 atom stereocenters. The molecule has 0 aromatic heterocycles. The number of halogens is 1. The number of hydrogen-bond acceptors (Lipinski definition) is 1. The highest BCUT2D eigenvalue weighted by Crippen LogP contribution is 2.43. The van der Waals surface area contributed by atoms with Crippen LogP contribution in [0.2, 0.25) is 0 Å². The molecule has 6 aromatic rings. The van der Waals surface area contributed by atoms with E-state index in [-0.39, 0.29) is 0 Å². The minimum Gasteiger partial charge on any atom is -0.310 e. The predicted molar refractivity (Wildman–Crippen MR) is 165 cm³/mol. The molecule has 0 aliphatic heterocycles. The normalized spacial score (nSPS) is 10.8. The zero-order valence-electron chi connectivity index (χ0n) is 20.8. The van der Waals surface area contributed by atoms with Crippen LogP contribution >= 0.6 is 15.9 Å². The van der Waals surface area contributed by atoms with Gasteiger partial charge in [-0.3, -0.25) is 0 Å². The van der Waals surface area contributed by atoms with E-state index in [1.807, 2.05) is 0 Å². The summed E-state index contributed by atoms with van der Waals surface area (Å²) in [6, 6.07) is 55.9. The van der Waals surface area contributed by atoms with Crippen molar-refractivity contribution in [3.8, 4) is 33.4 Å². The average Bonchev–Trinajstić information content (AvgIpc) is 3.00. The number of rotatable bonds is 6. The first-order valence-corrected chi connectivity index (χ1v) is 13.5. The molecule has 0 heterocycles. The first-order chi connectivity index (χ1) is 18.8. The highest BCUT2D eigenvalue weighted by atomic mass is 79.9. The van der Waals surface area contributed by atoms with E-state index in [1.165, 1.54) is 33.4 Å². The monoisotopic (exact) mass is 551 g/mol. The van der Waals surface area contributed by atoms with Crippen LogP contribution in [0.25, 0.3) is 33.4 Å². The second kappa shape index (κ2) is 10.9. The van der Waals surface area contributed by atoms with Crippen molar-refractivity contribution in [2.24, 2.45) is 0 Å². The van der Waals surface area contributed by atoms with Crippen molar-refractivity contribution < 1.29 is 0 Å². The average molecular weight is 553 g/mol. The molecule has 0 radical (unpaired) electrons. The Morgan fingerprint density at radius 3 is 1.34 bits per heavy atom. The van der Waals surface area contributed by atoms with E-state index in [0.29, 0.717) is 0 Å². The molecule has 2 heteroatoms. The Labute approximate surface area is 232 Å². The largest absolute Gasteiger partial charge is 0.310 e. The van der Waals surface area contributed by atoms with E-state index in [0.717, 1.165) is 21.5 Å². The molecule has 0 amide bonds. The second-order valence-electron chi connectivity index (χ2n) is 9.19. The summed E-state index contributed by atoms with van der Waals surface area (Å²) in [4.78, 5) is 2.35. The SMILES string of the molecule is Brc1ccc(N(c2ccc(-c3ccccc3)cc2)c2ccc(-c3ccccc3)cc2-c2ccccc2)cc1. The molecule has 0 N–H and O–H groups in total. The van der Waals surface area contributed by atoms with Gasteiger partial charge in [-0.05, 0) is 76.3 Å². The van der Waals surface area contributed by atoms with Crippen molar-refractivity contribution >= 4 is 33.0 Å². The van der Waals surface area contributed by atoms with Crippen molar-refractivity contribution in [3.63, 3.8) is 0 Å². The van der Waals surface area contributed by atoms with Crippen molar-refractivity contribution in [2.75, 3.05) is 4.90 Å². The molecule has 0 aliphatic carbocycles. The fourth-order valence-corrected chi connectivity index (χ4v) is 5.11. The molecule has 6 rings (SSSR count). The third-order valence-electron chi connectivity index (χ3n) is 6.75. The number of nitrogens with zero attached hydrogens (tertiary/aromatic N) is 1. The maximum absolute atomic E-state index is 3.61. The maximum Gasteiger partial charge on any atom is 0.0540 e. The van der Waals surface area contributed by atoms with Gasteiger partial charge in [0, 0.05) is 21.4 Å². The quantitative estimate of drug-likeness (QED) is 0.199. The van der Waals surface area contributed by atoms with Crippen molar-refractivity contribution in [1.29, 1.82) is 0 Å². The minimum atomic E-state index is 1.06. The van der Waals surface area contributed by atoms with E-state index in [9.17, 15) is 0 Å². The lowest BCUT2D eigenvalue weighted by atomic mass is 9.96. The summed E-state index contributed by atoms with van der Waals surface area (Å²) in [6.07, 6.45) is 0. The predicted octanol–water partition coefficient (Wildman–Crippen LogP) is 10.9. The molecule has 6 aromatic carbocycles. The van der Waals surface area contributed by atoms with Gasteiger partial charge < -0.3 is 4.90 Å². The van der Waals surface area contributed by atoms with Gasteiger partial charge in [-0.15, -0.1) is 0 Å². The van der Waals surface area contributed by atoms with Gasteiger partial charge in [-0.25, -0.2) is 0 Å². The van der Waals surface area contributed by atoms with Gasteiger partial charge in [-0.1, -0.05) is 125 Å². The molecule has 0 saturated carbocycles. The van der Waals surface area contributed by atoms with Gasteiger partial charge in [0.25, 0.3) is 0 Å². The standard InChI is InChI=1S/C36H26BrN/c37-32-19-23-34(24-20-32)38(33-21-16-29(17-22-33)27-10-4-1-5-11-27)36-25-18-31(28-12-6-2-7-13-28)26-35(36)30-14-8-3-9-15-30/h1-26H. The number of hydrogen-bond donors (Lipinski definition) is 0. The highest BCUT2D eigenvalue weighted by molar-refractivity contribution is 9.10. The zero-order chi connectivity index (χ0) is 25.7. The smallest absolute Gasteiger partial charge is 0.0540 e. The van der Waals surface area contributed by atoms with Gasteiger partial charge in [0.15, 0.2) is 0 Å². The lowest BCUT2D eigenvalue weighted by Crippen LogP contribution is -2.11. The van der Waals surface area contributed by atoms with Crippen LogP contribution in [-0.2, 0) is 0 Å². The van der Waals surface area contributed by atoms with Crippen LogP contribution in [0.4, 0.5) is 17.1 Å². The topological polar surface area (TPSA) is 3.24 Å². The fourth-order valence-electron chi connectivity index (χ4n) is 4.84. The van der Waals surface area contributed by atoms with Gasteiger partial charge in [0.05, 0.1) is 5.69 Å². The fraction of sp³-hybridized carbons (Fsp3) is 0. The molecule has 0 spiro atoms. The van der Waals surface area contributed by atoms with Gasteiger partial charge in [0.1, 0.15) is 0 Å². The van der Waals surface area contributed by atoms with E-state index in [2.05, 4.69) is 179 Å². The van der Waals surface area contributed by atoms with Gasteiger partial charge >= 0.3 is 0 Å². The Bertz CT molecular complexity index is 1630. The maximum atomic E-state index is 3.61. The van der Waals surface area contributed by atoms with Crippen molar-refractivity contribution in [1.82, 2.24) is 0 Å². The third kappa shape index (κ3) is 5.04. The lowest BCUT2D eigenvalue weighted by molar-refractivity contribution is 1.28. The summed E-state index contributed by atoms with van der Waals surface area (Å²) < 4.78 is 1.06. The summed E-state index contributed by atoms with van der Waals surface area (Å²) in [5, 5.41) is 0. The Morgan fingerprint density at radius 2 is 0.789 bits per heavy atom. The second-order valence-corrected chi connectivity index (χ2v) is 10.1. The molecule has 0 fully saturated rings. The van der Waals surface area contributed by atoms with E-state index in [1.54, 1.807) is 0 Å². The molecule has 0 aliphatic rings. The summed E-state index contributed by atoms with van der Waals surface area (Å²) >= 11 is 3.61. The van der Waals surface area contributed by atoms with E-state index < -0.39 is 0 Å². The summed E-state index contributed by atoms with van der Waals surface area (Å²) in [5.74, 6) is 0. The summed E-state index contributed by atoms with van der Waals surface area (Å²) in [5.41, 5.74) is 10.5. The molecular formula is C36H26BrN. The summed E-state index contributed by atoms with van der Waals surface area (Å²) in [7, 11) is 0. The highest BCUT2D eigenvalue weighted by Gasteiger charge is 2.18. The van der Waals surface area contributed by atoms with Gasteiger partial charge in [0.2, 0.25) is 0 Å². The number of benzene rings is 6. The summed E-state index contributed by atoms with van der Waals surface area (Å²) in [6.45, 7) is 0. The van der Waals surface area contributed by atoms with E-state index in [4.69, 9.17) is 0 Å². The Kier molecular flexibility index (Phi) is 6.89. The van der Waals surface area contributed by atoms with Crippen LogP contribution < -0.4 is 4.90 Å². The van der Waals surface area contributed by atoms with E-state index >= 15 is 0 Å². The Morgan fingerprint density at radius 1 is 0.368 bits per heavy atom. The van der Waals surface area contributed by atoms with Crippen LogP contribution in [0.15, 0.2) is 162 Å². The first-order valence-electron chi connectivity index (χ1n) is 12.7. The van der Waals surface area contributed by atoms with Crippen LogP contribution in [0.3, 0.4) is 0 Å². The molecular weight excluding hydrogens is 526 g/mol. The minimum absolute atomic E-state index is 1.06. The zero-order valence-corrected chi connectivity index (χ0v) is 22.4. The van der Waals surface area contributed by atoms with Crippen molar-refractivity contribution in [2.45, 2.75) is 0 Å². The third-order valence-corrected chi connectivity index (χ3v) is 7.28. The Hall–Kier alpha value is -4.40. The van der Waals surface area contributed by atoms with Crippen LogP contribution in [0.1, 0.15) is 0 Å². The molecule has 0 saturated heterocycles. The molecule has 38 heavy (non-hydrogen) atoms. The Balaban J connectivity index is 1.53. The van der Waals surface area contributed by atoms with Gasteiger partial charge in [-0.2, -0.15) is 0 Å². The molecule has 0 unspecified atom stereocenters. The number of anilines is 3. The lowest BCUT2D eigenvalue weighted by Gasteiger charge is -2.28. The van der Waals surface area contributed by atoms with Crippen molar-refractivity contribution in [3.05, 3.63) is 162 Å². The molecule has 182 valence electrons. The first kappa shape index (κ1) is 24.0. The van der Waals surface area contributed by atoms with Crippen LogP contribution in [0, 0.1) is 0 Å². The molecule has 0 bridgehead atoms. The van der Waals surface area contributed by atoms with Crippen LogP contribution in [-0.4, -0.2) is 0 Å². The van der Waals surface area contributed by atoms with Crippen LogP contribution in [0.5, 0.6) is 0 Å². The molecule has 1 nitrogen and oxygen atoms in total.